The Morgan fingerprint density at radius 3 is 2.62 bits per heavy atom. The van der Waals surface area contributed by atoms with E-state index in [9.17, 15) is 22.4 Å². The number of benzene rings is 2. The van der Waals surface area contributed by atoms with Crippen LogP contribution >= 0.6 is 0 Å². The topological polar surface area (TPSA) is 49.8 Å². The van der Waals surface area contributed by atoms with Gasteiger partial charge in [0, 0.05) is 6.54 Å². The summed E-state index contributed by atoms with van der Waals surface area (Å²) < 4.78 is 58.7. The van der Waals surface area contributed by atoms with Gasteiger partial charge in [-0.25, -0.2) is 9.18 Å². The van der Waals surface area contributed by atoms with E-state index in [1.165, 1.54) is 24.3 Å². The van der Waals surface area contributed by atoms with Crippen molar-refractivity contribution >= 4 is 11.7 Å². The fourth-order valence-electron chi connectivity index (χ4n) is 2.96. The van der Waals surface area contributed by atoms with Crippen LogP contribution in [0.1, 0.15) is 27.5 Å². The molecule has 4 nitrogen and oxygen atoms in total. The van der Waals surface area contributed by atoms with Gasteiger partial charge in [0.1, 0.15) is 5.82 Å². The second-order valence-corrected chi connectivity index (χ2v) is 5.88. The highest BCUT2D eigenvalue weighted by molar-refractivity contribution is 5.88. The first-order chi connectivity index (χ1) is 12.3. The fraction of sp³-hybridized carbons (Fsp3) is 0.278. The maximum Gasteiger partial charge on any atom is 0.416 e. The number of morpholine rings is 1. The minimum Gasteiger partial charge on any atom is -0.478 e. The molecule has 1 heterocycles. The van der Waals surface area contributed by atoms with Crippen LogP contribution in [-0.4, -0.2) is 30.8 Å². The van der Waals surface area contributed by atoms with E-state index in [0.717, 1.165) is 18.2 Å². The zero-order valence-electron chi connectivity index (χ0n) is 13.5. The van der Waals surface area contributed by atoms with E-state index in [-0.39, 0.29) is 31.0 Å². The van der Waals surface area contributed by atoms with Crippen LogP contribution < -0.4 is 4.90 Å². The zero-order chi connectivity index (χ0) is 18.9. The Balaban J connectivity index is 1.98. The van der Waals surface area contributed by atoms with Crippen molar-refractivity contribution in [1.29, 1.82) is 0 Å². The average molecular weight is 369 g/mol. The van der Waals surface area contributed by atoms with Gasteiger partial charge in [-0.1, -0.05) is 12.1 Å². The molecule has 0 saturated carbocycles. The number of halogens is 4. The number of hydrogen-bond donors (Lipinski definition) is 1. The Morgan fingerprint density at radius 1 is 1.19 bits per heavy atom. The third-order valence-electron chi connectivity index (χ3n) is 4.23. The lowest BCUT2D eigenvalue weighted by Crippen LogP contribution is -2.40. The molecule has 8 heteroatoms. The van der Waals surface area contributed by atoms with E-state index in [1.807, 2.05) is 0 Å². The molecule has 1 atom stereocenters. The van der Waals surface area contributed by atoms with Crippen molar-refractivity contribution < 1.29 is 32.2 Å². The van der Waals surface area contributed by atoms with Crippen LogP contribution in [0.3, 0.4) is 0 Å². The summed E-state index contributed by atoms with van der Waals surface area (Å²) in [4.78, 5) is 12.5. The lowest BCUT2D eigenvalue weighted by atomic mass is 10.0. The largest absolute Gasteiger partial charge is 0.478 e. The molecular weight excluding hydrogens is 354 g/mol. The summed E-state index contributed by atoms with van der Waals surface area (Å²) in [5, 5.41) is 8.94. The summed E-state index contributed by atoms with van der Waals surface area (Å²) in [7, 11) is 0. The summed E-state index contributed by atoms with van der Waals surface area (Å²) in [5.41, 5.74) is -0.515. The van der Waals surface area contributed by atoms with Gasteiger partial charge in [0.2, 0.25) is 0 Å². The number of carbonyl (C=O) groups is 1. The Hall–Kier alpha value is -2.61. The SMILES string of the molecule is O=C(O)c1ccc(N2CCOCC2c2cccc(C(F)(F)F)c2)c(F)c1. The number of anilines is 1. The second kappa shape index (κ2) is 6.95. The molecule has 0 spiro atoms. The van der Waals surface area contributed by atoms with Crippen LogP contribution in [0.5, 0.6) is 0 Å². The van der Waals surface area contributed by atoms with E-state index >= 15 is 0 Å². The van der Waals surface area contributed by atoms with E-state index in [2.05, 4.69) is 0 Å². The molecule has 3 rings (SSSR count). The van der Waals surface area contributed by atoms with Gasteiger partial charge in [-0.3, -0.25) is 0 Å². The van der Waals surface area contributed by atoms with Crippen molar-refractivity contribution in [3.05, 3.63) is 65.0 Å². The Labute approximate surface area is 146 Å². The Morgan fingerprint density at radius 2 is 1.96 bits per heavy atom. The van der Waals surface area contributed by atoms with Gasteiger partial charge in [-0.05, 0) is 35.9 Å². The summed E-state index contributed by atoms with van der Waals surface area (Å²) in [6.45, 7) is 0.654. The quantitative estimate of drug-likeness (QED) is 0.827. The van der Waals surface area contributed by atoms with Crippen molar-refractivity contribution in [2.24, 2.45) is 0 Å². The number of rotatable bonds is 3. The molecule has 1 unspecified atom stereocenters. The molecule has 2 aromatic rings. The highest BCUT2D eigenvalue weighted by atomic mass is 19.4. The molecule has 0 radical (unpaired) electrons. The number of nitrogens with zero attached hydrogens (tertiary/aromatic N) is 1. The predicted octanol–water partition coefficient (Wildman–Crippen LogP) is 4.12. The van der Waals surface area contributed by atoms with Gasteiger partial charge in [0.15, 0.2) is 0 Å². The normalized spacial score (nSPS) is 18.0. The summed E-state index contributed by atoms with van der Waals surface area (Å²) in [6.07, 6.45) is -4.48. The second-order valence-electron chi connectivity index (χ2n) is 5.88. The zero-order valence-corrected chi connectivity index (χ0v) is 13.5. The lowest BCUT2D eigenvalue weighted by Gasteiger charge is -2.38. The summed E-state index contributed by atoms with van der Waals surface area (Å²) in [5.74, 6) is -2.00. The van der Waals surface area contributed by atoms with E-state index < -0.39 is 29.6 Å². The van der Waals surface area contributed by atoms with Crippen LogP contribution in [0.4, 0.5) is 23.2 Å². The molecular formula is C18H15F4NO3. The highest BCUT2D eigenvalue weighted by Crippen LogP contribution is 2.35. The van der Waals surface area contributed by atoms with E-state index in [1.54, 1.807) is 4.90 Å². The third kappa shape index (κ3) is 3.65. The lowest BCUT2D eigenvalue weighted by molar-refractivity contribution is -0.137. The first-order valence-corrected chi connectivity index (χ1v) is 7.82. The van der Waals surface area contributed by atoms with E-state index in [0.29, 0.717) is 5.56 Å². The summed E-state index contributed by atoms with van der Waals surface area (Å²) >= 11 is 0. The van der Waals surface area contributed by atoms with Crippen molar-refractivity contribution in [2.45, 2.75) is 12.2 Å². The molecule has 2 aromatic carbocycles. The molecule has 1 aliphatic rings. The molecule has 1 fully saturated rings. The van der Waals surface area contributed by atoms with Gasteiger partial charge < -0.3 is 14.7 Å². The fourth-order valence-corrected chi connectivity index (χ4v) is 2.96. The van der Waals surface area contributed by atoms with Gasteiger partial charge in [-0.2, -0.15) is 13.2 Å². The molecule has 0 aliphatic carbocycles. The average Bonchev–Trinajstić information content (AvgIpc) is 2.61. The van der Waals surface area contributed by atoms with Crippen molar-refractivity contribution in [2.75, 3.05) is 24.7 Å². The van der Waals surface area contributed by atoms with Crippen LogP contribution in [0, 0.1) is 5.82 Å². The molecule has 0 amide bonds. The van der Waals surface area contributed by atoms with Gasteiger partial charge >= 0.3 is 12.1 Å². The Kier molecular flexibility index (Phi) is 4.86. The van der Waals surface area contributed by atoms with Crippen LogP contribution in [0.2, 0.25) is 0 Å². The smallest absolute Gasteiger partial charge is 0.416 e. The molecule has 1 saturated heterocycles. The number of alkyl halides is 3. The first kappa shape index (κ1) is 18.2. The minimum atomic E-state index is -4.48. The van der Waals surface area contributed by atoms with Gasteiger partial charge in [0.25, 0.3) is 0 Å². The monoisotopic (exact) mass is 369 g/mol. The maximum absolute atomic E-state index is 14.4. The third-order valence-corrected chi connectivity index (χ3v) is 4.23. The van der Waals surface area contributed by atoms with Crippen LogP contribution in [0.15, 0.2) is 42.5 Å². The molecule has 1 aliphatic heterocycles. The Bertz CT molecular complexity index is 822. The van der Waals surface area contributed by atoms with Crippen molar-refractivity contribution in [3.63, 3.8) is 0 Å². The number of carboxylic acids is 1. The maximum atomic E-state index is 14.4. The molecule has 1 N–H and O–H groups in total. The predicted molar refractivity (Wildman–Crippen MR) is 85.7 cm³/mol. The molecule has 0 bridgehead atoms. The minimum absolute atomic E-state index is 0.0986. The number of ether oxygens (including phenoxy) is 1. The summed E-state index contributed by atoms with van der Waals surface area (Å²) in [6, 6.07) is 7.70. The van der Waals surface area contributed by atoms with Crippen molar-refractivity contribution in [3.8, 4) is 0 Å². The van der Waals surface area contributed by atoms with Gasteiger partial charge in [0.05, 0.1) is 36.1 Å². The van der Waals surface area contributed by atoms with E-state index in [4.69, 9.17) is 9.84 Å². The van der Waals surface area contributed by atoms with Crippen molar-refractivity contribution in [1.82, 2.24) is 0 Å². The highest BCUT2D eigenvalue weighted by Gasteiger charge is 2.33. The molecule has 138 valence electrons. The first-order valence-electron chi connectivity index (χ1n) is 7.82. The standard InChI is InChI=1S/C18H15F4NO3/c19-14-9-12(17(24)25)4-5-15(14)23-6-7-26-10-16(23)11-2-1-3-13(8-11)18(20,21)22/h1-5,8-9,16H,6-7,10H2,(H,24,25). The molecule has 0 aromatic heterocycles. The number of aromatic carboxylic acids is 1. The van der Waals surface area contributed by atoms with Gasteiger partial charge in [-0.15, -0.1) is 0 Å². The molecule has 26 heavy (non-hydrogen) atoms. The van der Waals surface area contributed by atoms with Crippen LogP contribution in [0.25, 0.3) is 0 Å². The number of hydrogen-bond acceptors (Lipinski definition) is 3. The number of carboxylic acid groups (broad SMARTS) is 1. The van der Waals surface area contributed by atoms with Crippen LogP contribution in [-0.2, 0) is 10.9 Å².